The maximum absolute atomic E-state index is 13.0. The van der Waals surface area contributed by atoms with Crippen LogP contribution in [0.2, 0.25) is 4.34 Å². The maximum Gasteiger partial charge on any atom is 0.322 e. The molecule has 1 aromatic carbocycles. The van der Waals surface area contributed by atoms with E-state index >= 15 is 0 Å². The fraction of sp³-hybridized carbons (Fsp3) is 0.278. The topological polar surface area (TPSA) is 105 Å². The third kappa shape index (κ3) is 4.38. The van der Waals surface area contributed by atoms with Gasteiger partial charge in [0.2, 0.25) is 11.8 Å². The van der Waals surface area contributed by atoms with Crippen molar-refractivity contribution in [3.8, 4) is 11.5 Å². The smallest absolute Gasteiger partial charge is 0.322 e. The lowest BCUT2D eigenvalue weighted by Crippen LogP contribution is -2.41. The Morgan fingerprint density at radius 1 is 1.17 bits per heavy atom. The molecule has 0 aliphatic carbocycles. The molecule has 0 unspecified atom stereocenters. The van der Waals surface area contributed by atoms with Crippen LogP contribution in [0.15, 0.2) is 45.0 Å². The van der Waals surface area contributed by atoms with Crippen molar-refractivity contribution in [3.63, 3.8) is 0 Å². The van der Waals surface area contributed by atoms with Crippen molar-refractivity contribution in [2.45, 2.75) is 17.1 Å². The standard InChI is InChI=1S/C18H16ClFN4O4S2/c19-14-5-6-15(29-14)30(26,27)24-9-7-11(8-10-24)16(25)21-18-23-22-17(28-18)12-1-3-13(20)4-2-12/h1-6,11H,7-10H2,(H,21,23,25). The van der Waals surface area contributed by atoms with Crippen LogP contribution in [0.3, 0.4) is 0 Å². The summed E-state index contributed by atoms with van der Waals surface area (Å²) in [4.78, 5) is 12.5. The zero-order valence-corrected chi connectivity index (χ0v) is 17.8. The average Bonchev–Trinajstić information content (AvgIpc) is 3.38. The number of hydrogen-bond donors (Lipinski definition) is 1. The molecule has 1 aliphatic rings. The van der Waals surface area contributed by atoms with Crippen molar-refractivity contribution < 1.29 is 22.0 Å². The van der Waals surface area contributed by atoms with E-state index in [-0.39, 0.29) is 46.8 Å². The van der Waals surface area contributed by atoms with Gasteiger partial charge in [-0.15, -0.1) is 16.4 Å². The van der Waals surface area contributed by atoms with E-state index in [4.69, 9.17) is 16.0 Å². The van der Waals surface area contributed by atoms with Gasteiger partial charge in [0.1, 0.15) is 10.0 Å². The number of nitrogens with zero attached hydrogens (tertiary/aromatic N) is 3. The van der Waals surface area contributed by atoms with Gasteiger partial charge >= 0.3 is 6.01 Å². The molecule has 0 spiro atoms. The molecule has 1 aliphatic heterocycles. The van der Waals surface area contributed by atoms with Gasteiger partial charge in [-0.3, -0.25) is 10.1 Å². The predicted molar refractivity (Wildman–Crippen MR) is 109 cm³/mol. The number of piperidine rings is 1. The molecule has 12 heteroatoms. The number of rotatable bonds is 5. The normalized spacial score (nSPS) is 15.9. The van der Waals surface area contributed by atoms with Gasteiger partial charge in [0.15, 0.2) is 0 Å². The molecule has 158 valence electrons. The maximum atomic E-state index is 13.0. The minimum atomic E-state index is -3.61. The Morgan fingerprint density at radius 2 is 1.87 bits per heavy atom. The Hall–Kier alpha value is -2.34. The fourth-order valence-corrected chi connectivity index (χ4v) is 6.22. The first-order valence-corrected chi connectivity index (χ1v) is 11.6. The van der Waals surface area contributed by atoms with E-state index in [1.807, 2.05) is 0 Å². The molecule has 0 atom stereocenters. The highest BCUT2D eigenvalue weighted by molar-refractivity contribution is 7.91. The Morgan fingerprint density at radius 3 is 2.50 bits per heavy atom. The second kappa shape index (κ2) is 8.42. The molecule has 1 amide bonds. The van der Waals surface area contributed by atoms with Gasteiger partial charge in [-0.05, 0) is 49.2 Å². The number of anilines is 1. The number of carbonyl (C=O) groups excluding carboxylic acids is 1. The molecule has 0 bridgehead atoms. The van der Waals surface area contributed by atoms with Crippen LogP contribution in [-0.4, -0.2) is 41.9 Å². The summed E-state index contributed by atoms with van der Waals surface area (Å²) in [6.45, 7) is 0.446. The predicted octanol–water partition coefficient (Wildman–Crippen LogP) is 3.63. The number of hydrogen-bond acceptors (Lipinski definition) is 7. The van der Waals surface area contributed by atoms with Gasteiger partial charge in [0.25, 0.3) is 10.0 Å². The summed E-state index contributed by atoms with van der Waals surface area (Å²) in [6.07, 6.45) is 0.728. The number of sulfonamides is 1. The van der Waals surface area contributed by atoms with Gasteiger partial charge in [-0.25, -0.2) is 12.8 Å². The van der Waals surface area contributed by atoms with E-state index in [0.29, 0.717) is 22.7 Å². The summed E-state index contributed by atoms with van der Waals surface area (Å²) < 4.78 is 45.7. The summed E-state index contributed by atoms with van der Waals surface area (Å²) in [5, 5.41) is 10.2. The number of benzene rings is 1. The number of carbonyl (C=O) groups is 1. The zero-order chi connectivity index (χ0) is 21.3. The van der Waals surface area contributed by atoms with Gasteiger partial charge in [0, 0.05) is 24.6 Å². The molecule has 30 heavy (non-hydrogen) atoms. The van der Waals surface area contributed by atoms with Crippen LogP contribution < -0.4 is 5.32 Å². The number of nitrogens with one attached hydrogen (secondary N) is 1. The highest BCUT2D eigenvalue weighted by Crippen LogP contribution is 2.31. The molecule has 8 nitrogen and oxygen atoms in total. The van der Waals surface area contributed by atoms with Crippen LogP contribution in [0.4, 0.5) is 10.4 Å². The Bertz CT molecular complexity index is 1160. The largest absolute Gasteiger partial charge is 0.403 e. The number of thiophene rings is 1. The van der Waals surface area contributed by atoms with Gasteiger partial charge < -0.3 is 4.42 Å². The van der Waals surface area contributed by atoms with Crippen molar-refractivity contribution >= 4 is 44.9 Å². The van der Waals surface area contributed by atoms with Crippen LogP contribution in [0.1, 0.15) is 12.8 Å². The van der Waals surface area contributed by atoms with Gasteiger partial charge in [-0.2, -0.15) is 4.31 Å². The van der Waals surface area contributed by atoms with Crippen LogP contribution >= 0.6 is 22.9 Å². The molecule has 4 rings (SSSR count). The Kier molecular flexibility index (Phi) is 5.87. The molecule has 0 radical (unpaired) electrons. The summed E-state index contributed by atoms with van der Waals surface area (Å²) in [6, 6.07) is 8.48. The summed E-state index contributed by atoms with van der Waals surface area (Å²) in [5.74, 6) is -0.937. The van der Waals surface area contributed by atoms with Crippen molar-refractivity contribution in [3.05, 3.63) is 46.6 Å². The third-order valence-corrected chi connectivity index (χ3v) is 8.31. The first-order chi connectivity index (χ1) is 14.3. The van der Waals surface area contributed by atoms with Crippen molar-refractivity contribution in [1.29, 1.82) is 0 Å². The van der Waals surface area contributed by atoms with Crippen LogP contribution in [0, 0.1) is 11.7 Å². The van der Waals surface area contributed by atoms with E-state index in [2.05, 4.69) is 15.5 Å². The Labute approximate surface area is 180 Å². The number of halogens is 2. The lowest BCUT2D eigenvalue weighted by Gasteiger charge is -2.29. The lowest BCUT2D eigenvalue weighted by atomic mass is 9.97. The summed E-state index contributed by atoms with van der Waals surface area (Å²) >= 11 is 6.85. The van der Waals surface area contributed by atoms with Crippen LogP contribution in [-0.2, 0) is 14.8 Å². The highest BCUT2D eigenvalue weighted by atomic mass is 35.5. The average molecular weight is 471 g/mol. The minimum Gasteiger partial charge on any atom is -0.403 e. The first kappa shape index (κ1) is 20.9. The molecule has 1 fully saturated rings. The second-order valence-corrected chi connectivity index (χ2v) is 10.5. The Balaban J connectivity index is 1.35. The van der Waals surface area contributed by atoms with E-state index in [0.717, 1.165) is 11.3 Å². The molecular weight excluding hydrogens is 455 g/mol. The molecule has 1 N–H and O–H groups in total. The molecule has 1 saturated heterocycles. The van der Waals surface area contributed by atoms with E-state index < -0.39 is 10.0 Å². The van der Waals surface area contributed by atoms with Crippen molar-refractivity contribution in [2.75, 3.05) is 18.4 Å². The second-order valence-electron chi connectivity index (χ2n) is 6.65. The molecular formula is C18H16ClFN4O4S2. The van der Waals surface area contributed by atoms with Gasteiger partial charge in [-0.1, -0.05) is 16.7 Å². The van der Waals surface area contributed by atoms with Crippen LogP contribution in [0.5, 0.6) is 0 Å². The number of aromatic nitrogens is 2. The van der Waals surface area contributed by atoms with Gasteiger partial charge in [0.05, 0.1) is 4.34 Å². The monoisotopic (exact) mass is 470 g/mol. The quantitative estimate of drug-likeness (QED) is 0.610. The van der Waals surface area contributed by atoms with E-state index in [9.17, 15) is 17.6 Å². The first-order valence-electron chi connectivity index (χ1n) is 8.99. The third-order valence-electron chi connectivity index (χ3n) is 4.71. The van der Waals surface area contributed by atoms with Crippen molar-refractivity contribution in [1.82, 2.24) is 14.5 Å². The minimum absolute atomic E-state index is 0.0670. The summed E-state index contributed by atoms with van der Waals surface area (Å²) in [5.41, 5.74) is 0.525. The number of amides is 1. The van der Waals surface area contributed by atoms with Crippen molar-refractivity contribution in [2.24, 2.45) is 5.92 Å². The van der Waals surface area contributed by atoms with Crippen LogP contribution in [0.25, 0.3) is 11.5 Å². The summed E-state index contributed by atoms with van der Waals surface area (Å²) in [7, 11) is -3.61. The van der Waals surface area contributed by atoms with E-state index in [1.165, 1.54) is 34.6 Å². The zero-order valence-electron chi connectivity index (χ0n) is 15.4. The molecule has 0 saturated carbocycles. The molecule has 3 heterocycles. The van der Waals surface area contributed by atoms with E-state index in [1.54, 1.807) is 6.07 Å². The SMILES string of the molecule is O=C(Nc1nnc(-c2ccc(F)cc2)o1)C1CCN(S(=O)(=O)c2ccc(Cl)s2)CC1. The fourth-order valence-electron chi connectivity index (χ4n) is 3.11. The molecule has 2 aromatic heterocycles. The lowest BCUT2D eigenvalue weighted by molar-refractivity contribution is -0.121. The highest BCUT2D eigenvalue weighted by Gasteiger charge is 2.33. The molecule has 3 aromatic rings.